The van der Waals surface area contributed by atoms with Crippen LogP contribution < -0.4 is 5.32 Å². The summed E-state index contributed by atoms with van der Waals surface area (Å²) >= 11 is 0. The summed E-state index contributed by atoms with van der Waals surface area (Å²) in [6.45, 7) is 0. The van der Waals surface area contributed by atoms with Gasteiger partial charge in [0.25, 0.3) is 0 Å². The Morgan fingerprint density at radius 3 is 0.865 bits per heavy atom. The topological polar surface area (TPSA) is 12.0 Å². The van der Waals surface area contributed by atoms with Gasteiger partial charge in [-0.15, -0.1) is 0 Å². The fourth-order valence-electron chi connectivity index (χ4n) is 2.11. The second kappa shape index (κ2) is 8.50. The van der Waals surface area contributed by atoms with Crippen LogP contribution >= 0.6 is 0 Å². The van der Waals surface area contributed by atoms with Crippen LogP contribution in [0.1, 0.15) is 0 Å². The molecule has 1 aromatic carbocycles. The Morgan fingerprint density at radius 1 is 0.324 bits per heavy atom. The average Bonchev–Trinajstić information content (AvgIpc) is 2.72. The van der Waals surface area contributed by atoms with Crippen molar-refractivity contribution in [1.82, 2.24) is 0 Å². The summed E-state index contributed by atoms with van der Waals surface area (Å²) in [5.41, 5.74) is -3.42. The SMILES string of the molecule is Fc1c(F)c(F)c(NC(F)(F)C(F)(F)C(F)(F)C(F)(F)C(F)(F)C(F)(F)C(F)(F)C(F)(F)F)c(F)c1F. The number of benzene rings is 1. The molecule has 216 valence electrons. The fraction of sp³-hybridized carbons (Fsp3) is 0.571. The van der Waals surface area contributed by atoms with Gasteiger partial charge in [-0.1, -0.05) is 0 Å². The molecule has 0 aliphatic carbocycles. The zero-order valence-corrected chi connectivity index (χ0v) is 15.8. The van der Waals surface area contributed by atoms with E-state index >= 15 is 0 Å². The summed E-state index contributed by atoms with van der Waals surface area (Å²) in [4.78, 5) is 0. The first-order valence-electron chi connectivity index (χ1n) is 7.91. The van der Waals surface area contributed by atoms with E-state index in [-0.39, 0.29) is 0 Å². The first kappa shape index (κ1) is 32.5. The Balaban J connectivity index is 3.75. The summed E-state index contributed by atoms with van der Waals surface area (Å²) in [6, 6.07) is -7.63. The Bertz CT molecular complexity index is 1010. The third-order valence-corrected chi connectivity index (χ3v) is 4.21. The average molecular weight is 601 g/mol. The van der Waals surface area contributed by atoms with Gasteiger partial charge in [0.15, 0.2) is 23.3 Å². The molecule has 1 N–H and O–H groups in total. The standard InChI is InChI=1S/C14HF22N/c15-1-2(16)4(18)6(5(19)3(1)17)37-14(35,36)12(30,31)10(26,27)8(22,23)7(20,21)9(24,25)11(28,29)13(32,33)34/h37H. The number of halogens is 22. The van der Waals surface area contributed by atoms with Gasteiger partial charge in [-0.05, 0) is 0 Å². The first-order valence-corrected chi connectivity index (χ1v) is 7.91. The van der Waals surface area contributed by atoms with Gasteiger partial charge in [0.05, 0.1) is 0 Å². The summed E-state index contributed by atoms with van der Waals surface area (Å²) in [5, 5.41) is -0.927. The molecule has 0 fully saturated rings. The lowest BCUT2D eigenvalue weighted by Gasteiger charge is -2.42. The zero-order chi connectivity index (χ0) is 30.2. The van der Waals surface area contributed by atoms with Crippen LogP contribution in [0.25, 0.3) is 0 Å². The van der Waals surface area contributed by atoms with Crippen molar-refractivity contribution in [2.24, 2.45) is 0 Å². The van der Waals surface area contributed by atoms with Crippen LogP contribution in [0.15, 0.2) is 0 Å². The van der Waals surface area contributed by atoms with Gasteiger partial charge in [0.1, 0.15) is 5.69 Å². The minimum absolute atomic E-state index is 0.927. The smallest absolute Gasteiger partial charge is 0.317 e. The van der Waals surface area contributed by atoms with Crippen LogP contribution in [-0.4, -0.2) is 47.8 Å². The van der Waals surface area contributed by atoms with E-state index in [1.165, 1.54) is 0 Å². The van der Waals surface area contributed by atoms with Gasteiger partial charge in [0.2, 0.25) is 5.82 Å². The Hall–Kier alpha value is -2.52. The minimum atomic E-state index is -9.00. The molecule has 0 unspecified atom stereocenters. The number of anilines is 1. The third kappa shape index (κ3) is 4.14. The summed E-state index contributed by atoms with van der Waals surface area (Å²) in [6.07, 6.45) is -7.97. The molecular weight excluding hydrogens is 600 g/mol. The highest BCUT2D eigenvalue weighted by Gasteiger charge is 2.95. The van der Waals surface area contributed by atoms with Gasteiger partial charge in [-0.25, -0.2) is 22.0 Å². The lowest BCUT2D eigenvalue weighted by atomic mass is 9.90. The zero-order valence-electron chi connectivity index (χ0n) is 15.8. The fourth-order valence-corrected chi connectivity index (χ4v) is 2.11. The molecule has 0 saturated carbocycles. The van der Waals surface area contributed by atoms with Gasteiger partial charge < -0.3 is 5.32 Å². The molecular formula is C14HF22N. The van der Waals surface area contributed by atoms with Gasteiger partial charge in [-0.3, -0.25) is 0 Å². The maximum Gasteiger partial charge on any atom is 0.460 e. The predicted octanol–water partition coefficient (Wildman–Crippen LogP) is 7.76. The Morgan fingerprint density at radius 2 is 0.568 bits per heavy atom. The highest BCUT2D eigenvalue weighted by atomic mass is 19.4. The molecule has 0 heterocycles. The van der Waals surface area contributed by atoms with Crippen molar-refractivity contribution in [1.29, 1.82) is 0 Å². The predicted molar refractivity (Wildman–Crippen MR) is 70.5 cm³/mol. The van der Waals surface area contributed by atoms with E-state index in [9.17, 15) is 96.6 Å². The molecule has 1 rings (SSSR count). The van der Waals surface area contributed by atoms with E-state index in [0.717, 1.165) is 0 Å². The van der Waals surface area contributed by atoms with Crippen LogP contribution in [0.5, 0.6) is 0 Å². The molecule has 1 nitrogen and oxygen atoms in total. The summed E-state index contributed by atoms with van der Waals surface area (Å²) in [5.74, 6) is -69.4. The second-order valence-electron chi connectivity index (χ2n) is 6.59. The number of alkyl halides is 17. The van der Waals surface area contributed by atoms with Crippen LogP contribution in [0.3, 0.4) is 0 Å². The van der Waals surface area contributed by atoms with E-state index in [4.69, 9.17) is 0 Å². The number of hydrogen-bond acceptors (Lipinski definition) is 1. The van der Waals surface area contributed by atoms with E-state index < -0.39 is 87.8 Å². The first-order chi connectivity index (χ1) is 15.9. The van der Waals surface area contributed by atoms with Crippen LogP contribution in [-0.2, 0) is 0 Å². The molecule has 0 spiro atoms. The molecule has 0 bridgehead atoms. The number of rotatable bonds is 8. The van der Waals surface area contributed by atoms with Crippen molar-refractivity contribution in [3.8, 4) is 0 Å². The van der Waals surface area contributed by atoms with Crippen molar-refractivity contribution < 1.29 is 96.6 Å². The van der Waals surface area contributed by atoms with Crippen LogP contribution in [0, 0.1) is 29.1 Å². The van der Waals surface area contributed by atoms with Crippen molar-refractivity contribution in [2.45, 2.75) is 47.8 Å². The molecule has 0 radical (unpaired) electrons. The molecule has 0 atom stereocenters. The molecule has 0 amide bonds. The monoisotopic (exact) mass is 601 g/mol. The maximum atomic E-state index is 13.6. The summed E-state index contributed by atoms with van der Waals surface area (Å²) in [7, 11) is 0. The van der Waals surface area contributed by atoms with E-state index in [1.54, 1.807) is 0 Å². The number of hydrogen-bond donors (Lipinski definition) is 1. The van der Waals surface area contributed by atoms with Crippen molar-refractivity contribution in [3.63, 3.8) is 0 Å². The Kier molecular flexibility index (Phi) is 7.46. The van der Waals surface area contributed by atoms with Gasteiger partial charge >= 0.3 is 47.8 Å². The van der Waals surface area contributed by atoms with E-state index in [1.807, 2.05) is 0 Å². The largest absolute Gasteiger partial charge is 0.460 e. The van der Waals surface area contributed by atoms with Gasteiger partial charge in [0, 0.05) is 0 Å². The lowest BCUT2D eigenvalue weighted by Crippen LogP contribution is -2.75. The lowest BCUT2D eigenvalue weighted by molar-refractivity contribution is -0.460. The quantitative estimate of drug-likeness (QED) is 0.139. The third-order valence-electron chi connectivity index (χ3n) is 4.21. The molecule has 0 aromatic heterocycles. The van der Waals surface area contributed by atoms with E-state index in [0.29, 0.717) is 0 Å². The van der Waals surface area contributed by atoms with Gasteiger partial charge in [-0.2, -0.15) is 74.6 Å². The molecule has 0 saturated heterocycles. The second-order valence-corrected chi connectivity index (χ2v) is 6.59. The molecule has 37 heavy (non-hydrogen) atoms. The van der Waals surface area contributed by atoms with Crippen LogP contribution in [0.4, 0.5) is 102 Å². The van der Waals surface area contributed by atoms with Crippen molar-refractivity contribution in [3.05, 3.63) is 29.1 Å². The summed E-state index contributed by atoms with van der Waals surface area (Å²) < 4.78 is 288. The van der Waals surface area contributed by atoms with Crippen LogP contribution in [0.2, 0.25) is 0 Å². The highest BCUT2D eigenvalue weighted by Crippen LogP contribution is 2.64. The normalized spacial score (nSPS) is 15.3. The van der Waals surface area contributed by atoms with Crippen molar-refractivity contribution in [2.75, 3.05) is 5.32 Å². The minimum Gasteiger partial charge on any atom is -0.317 e. The molecule has 1 aromatic rings. The molecule has 0 aliphatic heterocycles. The number of nitrogens with one attached hydrogen (secondary N) is 1. The Labute approximate surface area is 186 Å². The van der Waals surface area contributed by atoms with Crippen molar-refractivity contribution >= 4 is 5.69 Å². The maximum absolute atomic E-state index is 13.6. The molecule has 0 aliphatic rings. The van der Waals surface area contributed by atoms with E-state index in [2.05, 4.69) is 0 Å². The highest BCUT2D eigenvalue weighted by molar-refractivity contribution is 5.49. The molecule has 23 heteroatoms.